The van der Waals surface area contributed by atoms with Gasteiger partial charge >= 0.3 is 18.0 Å². The second kappa shape index (κ2) is 8.18. The van der Waals surface area contributed by atoms with Crippen LogP contribution in [0.4, 0.5) is 4.79 Å². The van der Waals surface area contributed by atoms with Gasteiger partial charge in [0.1, 0.15) is 5.60 Å². The maximum Gasteiger partial charge on any atom is 0.412 e. The molecule has 0 N–H and O–H groups in total. The van der Waals surface area contributed by atoms with Crippen molar-refractivity contribution in [1.29, 1.82) is 0 Å². The topological polar surface area (TPSA) is 82.1 Å². The first-order valence-electron chi connectivity index (χ1n) is 8.20. The molecule has 0 aromatic carbocycles. The van der Waals surface area contributed by atoms with Gasteiger partial charge in [-0.15, -0.1) is 6.58 Å². The molecule has 140 valence electrons. The quantitative estimate of drug-likeness (QED) is 0.327. The van der Waals surface area contributed by atoms with Crippen molar-refractivity contribution in [1.82, 2.24) is 4.90 Å². The Morgan fingerprint density at radius 2 is 1.96 bits per heavy atom. The van der Waals surface area contributed by atoms with Gasteiger partial charge in [0, 0.05) is 6.08 Å². The van der Waals surface area contributed by atoms with Crippen molar-refractivity contribution in [2.45, 2.75) is 57.7 Å². The molecule has 0 aliphatic carbocycles. The number of carbonyl (C=O) groups is 3. The standard InChI is InChI=1S/C18H27NO6/c1-7-18(15(21)23-6)12-11-13(9-10-14(20)24-8-2)19(18)16(22)25-17(3,4)5/h7,9-10,13H,1,8,11-12H2,2-6H3/b10-9+/t13-,18+/m0/s1. The van der Waals surface area contributed by atoms with Crippen molar-refractivity contribution in [2.75, 3.05) is 13.7 Å². The molecular weight excluding hydrogens is 326 g/mol. The molecule has 7 heteroatoms. The lowest BCUT2D eigenvalue weighted by atomic mass is 9.97. The summed E-state index contributed by atoms with van der Waals surface area (Å²) in [6.45, 7) is 10.9. The number of hydrogen-bond donors (Lipinski definition) is 0. The zero-order valence-corrected chi connectivity index (χ0v) is 15.5. The SMILES string of the molecule is C=C[C@]1(C(=O)OC)CC[C@H](/C=C/C(=O)OCC)N1C(=O)OC(C)(C)C. The van der Waals surface area contributed by atoms with Gasteiger partial charge in [-0.25, -0.2) is 14.4 Å². The minimum absolute atomic E-state index is 0.252. The molecule has 0 saturated carbocycles. The molecule has 1 rings (SSSR count). The minimum Gasteiger partial charge on any atom is -0.467 e. The molecule has 0 unspecified atom stereocenters. The molecule has 1 amide bonds. The smallest absolute Gasteiger partial charge is 0.412 e. The first-order valence-corrected chi connectivity index (χ1v) is 8.20. The van der Waals surface area contributed by atoms with E-state index in [4.69, 9.17) is 14.2 Å². The number of amides is 1. The van der Waals surface area contributed by atoms with Crippen molar-refractivity contribution in [3.63, 3.8) is 0 Å². The summed E-state index contributed by atoms with van der Waals surface area (Å²) in [4.78, 5) is 38.0. The summed E-state index contributed by atoms with van der Waals surface area (Å²) in [6, 6.07) is -0.517. The molecular formula is C18H27NO6. The van der Waals surface area contributed by atoms with Gasteiger partial charge in [-0.2, -0.15) is 0 Å². The van der Waals surface area contributed by atoms with E-state index in [1.54, 1.807) is 27.7 Å². The average Bonchev–Trinajstić information content (AvgIpc) is 2.90. The molecule has 1 aliphatic rings. The van der Waals surface area contributed by atoms with Crippen molar-refractivity contribution >= 4 is 18.0 Å². The minimum atomic E-state index is -1.33. The molecule has 0 aromatic rings. The van der Waals surface area contributed by atoms with E-state index >= 15 is 0 Å². The van der Waals surface area contributed by atoms with E-state index in [0.717, 1.165) is 0 Å². The summed E-state index contributed by atoms with van der Waals surface area (Å²) in [6.07, 6.45) is 4.28. The van der Waals surface area contributed by atoms with E-state index in [0.29, 0.717) is 12.8 Å². The summed E-state index contributed by atoms with van der Waals surface area (Å²) in [5, 5.41) is 0. The summed E-state index contributed by atoms with van der Waals surface area (Å²) in [7, 11) is 1.25. The monoisotopic (exact) mass is 353 g/mol. The fraction of sp³-hybridized carbons (Fsp3) is 0.611. The van der Waals surface area contributed by atoms with Crippen molar-refractivity contribution in [3.8, 4) is 0 Å². The fourth-order valence-electron chi connectivity index (χ4n) is 2.75. The van der Waals surface area contributed by atoms with Gasteiger partial charge < -0.3 is 14.2 Å². The highest BCUT2D eigenvalue weighted by Gasteiger charge is 2.53. The highest BCUT2D eigenvalue weighted by molar-refractivity contribution is 5.89. The Kier molecular flexibility index (Phi) is 6.78. The molecule has 0 spiro atoms. The Labute approximate surface area is 148 Å². The van der Waals surface area contributed by atoms with Gasteiger partial charge in [0.15, 0.2) is 5.54 Å². The molecule has 1 fully saturated rings. The lowest BCUT2D eigenvalue weighted by Crippen LogP contribution is -2.55. The van der Waals surface area contributed by atoms with E-state index in [9.17, 15) is 14.4 Å². The van der Waals surface area contributed by atoms with Crippen LogP contribution in [0.2, 0.25) is 0 Å². The lowest BCUT2D eigenvalue weighted by molar-refractivity contribution is -0.150. The largest absolute Gasteiger partial charge is 0.467 e. The third-order valence-corrected chi connectivity index (χ3v) is 3.79. The molecule has 1 heterocycles. The Morgan fingerprint density at radius 3 is 2.44 bits per heavy atom. The third kappa shape index (κ3) is 4.84. The summed E-state index contributed by atoms with van der Waals surface area (Å²) >= 11 is 0. The number of rotatable bonds is 5. The third-order valence-electron chi connectivity index (χ3n) is 3.79. The molecule has 2 atom stereocenters. The van der Waals surface area contributed by atoms with Gasteiger partial charge in [-0.05, 0) is 40.5 Å². The van der Waals surface area contributed by atoms with E-state index in [1.807, 2.05) is 0 Å². The summed E-state index contributed by atoms with van der Waals surface area (Å²) in [5.41, 5.74) is -2.07. The zero-order valence-electron chi connectivity index (χ0n) is 15.5. The Hall–Kier alpha value is -2.31. The normalized spacial score (nSPS) is 23.4. The van der Waals surface area contributed by atoms with E-state index in [1.165, 1.54) is 30.2 Å². The lowest BCUT2D eigenvalue weighted by Gasteiger charge is -2.36. The Morgan fingerprint density at radius 1 is 1.32 bits per heavy atom. The van der Waals surface area contributed by atoms with Gasteiger partial charge in [-0.3, -0.25) is 4.90 Å². The van der Waals surface area contributed by atoms with Crippen LogP contribution >= 0.6 is 0 Å². The van der Waals surface area contributed by atoms with E-state index < -0.39 is 35.2 Å². The number of hydrogen-bond acceptors (Lipinski definition) is 6. The molecule has 0 radical (unpaired) electrons. The summed E-state index contributed by atoms with van der Waals surface area (Å²) in [5.74, 6) is -1.11. The average molecular weight is 353 g/mol. The number of likely N-dealkylation sites (tertiary alicyclic amines) is 1. The fourth-order valence-corrected chi connectivity index (χ4v) is 2.75. The van der Waals surface area contributed by atoms with Crippen LogP contribution in [-0.4, -0.2) is 53.8 Å². The summed E-state index contributed by atoms with van der Waals surface area (Å²) < 4.78 is 15.2. The van der Waals surface area contributed by atoms with Crippen LogP contribution in [0.25, 0.3) is 0 Å². The maximum atomic E-state index is 12.7. The van der Waals surface area contributed by atoms with Crippen LogP contribution in [0.1, 0.15) is 40.5 Å². The van der Waals surface area contributed by atoms with Gasteiger partial charge in [0.25, 0.3) is 0 Å². The van der Waals surface area contributed by atoms with Crippen LogP contribution in [0, 0.1) is 0 Å². The Balaban J connectivity index is 3.20. The van der Waals surface area contributed by atoms with Crippen molar-refractivity contribution in [2.24, 2.45) is 0 Å². The molecule has 0 aromatic heterocycles. The number of nitrogens with zero attached hydrogens (tertiary/aromatic N) is 1. The second-order valence-corrected chi connectivity index (χ2v) is 6.69. The molecule has 25 heavy (non-hydrogen) atoms. The van der Waals surface area contributed by atoms with Crippen LogP contribution in [-0.2, 0) is 23.8 Å². The van der Waals surface area contributed by atoms with Gasteiger partial charge in [0.05, 0.1) is 19.8 Å². The molecule has 1 aliphatic heterocycles. The number of methoxy groups -OCH3 is 1. The van der Waals surface area contributed by atoms with Crippen molar-refractivity contribution in [3.05, 3.63) is 24.8 Å². The first kappa shape index (κ1) is 20.7. The Bertz CT molecular complexity index is 562. The van der Waals surface area contributed by atoms with Crippen molar-refractivity contribution < 1.29 is 28.6 Å². The molecule has 7 nitrogen and oxygen atoms in total. The first-order chi connectivity index (χ1) is 11.6. The number of esters is 2. The van der Waals surface area contributed by atoms with E-state index in [2.05, 4.69) is 6.58 Å². The van der Waals surface area contributed by atoms with Crippen LogP contribution in [0.15, 0.2) is 24.8 Å². The highest BCUT2D eigenvalue weighted by Crippen LogP contribution is 2.38. The van der Waals surface area contributed by atoms with Crippen LogP contribution in [0.5, 0.6) is 0 Å². The molecule has 1 saturated heterocycles. The van der Waals surface area contributed by atoms with Gasteiger partial charge in [-0.1, -0.05) is 12.2 Å². The number of ether oxygens (including phenoxy) is 3. The second-order valence-electron chi connectivity index (χ2n) is 6.69. The predicted molar refractivity (Wildman–Crippen MR) is 91.8 cm³/mol. The van der Waals surface area contributed by atoms with E-state index in [-0.39, 0.29) is 6.61 Å². The van der Waals surface area contributed by atoms with Crippen LogP contribution in [0.3, 0.4) is 0 Å². The van der Waals surface area contributed by atoms with Gasteiger partial charge in [0.2, 0.25) is 0 Å². The molecule has 0 bridgehead atoms. The number of carbonyl (C=O) groups excluding carboxylic acids is 3. The van der Waals surface area contributed by atoms with Crippen LogP contribution < -0.4 is 0 Å². The zero-order chi connectivity index (χ0) is 19.3. The predicted octanol–water partition coefficient (Wildman–Crippen LogP) is 2.60. The maximum absolute atomic E-state index is 12.7. The highest BCUT2D eigenvalue weighted by atomic mass is 16.6.